The number of hydrogen-bond acceptors (Lipinski definition) is 6. The summed E-state index contributed by atoms with van der Waals surface area (Å²) in [5.41, 5.74) is 3.92. The number of hydrogen-bond donors (Lipinski definition) is 1. The van der Waals surface area contributed by atoms with Crippen LogP contribution in [0.3, 0.4) is 0 Å². The highest BCUT2D eigenvalue weighted by Gasteiger charge is 2.10. The second kappa shape index (κ2) is 8.49. The average Bonchev–Trinajstić information content (AvgIpc) is 2.71. The van der Waals surface area contributed by atoms with Gasteiger partial charge in [0.25, 0.3) is 0 Å². The summed E-state index contributed by atoms with van der Waals surface area (Å²) in [7, 11) is 3.28. The molecule has 6 nitrogen and oxygen atoms in total. The number of aryl methyl sites for hydroxylation is 1. The predicted octanol–water partition coefficient (Wildman–Crippen LogP) is 3.83. The molecule has 0 fully saturated rings. The maximum Gasteiger partial charge on any atom is 0.180 e. The molecule has 0 aliphatic rings. The Kier molecular flexibility index (Phi) is 5.86. The first-order valence-electron chi connectivity index (χ1n) is 8.83. The van der Waals surface area contributed by atoms with E-state index in [9.17, 15) is 0 Å². The molecule has 3 aromatic rings. The summed E-state index contributed by atoms with van der Waals surface area (Å²) >= 11 is 0. The molecule has 6 heteroatoms. The molecule has 27 heavy (non-hydrogen) atoms. The third-order valence-electron chi connectivity index (χ3n) is 4.44. The van der Waals surface area contributed by atoms with E-state index in [1.807, 2.05) is 50.2 Å². The van der Waals surface area contributed by atoms with Crippen LogP contribution >= 0.6 is 0 Å². The average molecular weight is 364 g/mol. The Morgan fingerprint density at radius 2 is 1.78 bits per heavy atom. The van der Waals surface area contributed by atoms with Gasteiger partial charge in [0.1, 0.15) is 11.5 Å². The molecule has 2 aromatic heterocycles. The highest BCUT2D eigenvalue weighted by atomic mass is 16.5. The zero-order valence-electron chi connectivity index (χ0n) is 16.1. The first-order chi connectivity index (χ1) is 13.1. The number of nitrogens with zero attached hydrogens (tertiary/aromatic N) is 3. The molecule has 0 bridgehead atoms. The Morgan fingerprint density at radius 3 is 2.48 bits per heavy atom. The van der Waals surface area contributed by atoms with E-state index in [1.165, 1.54) is 0 Å². The molecule has 0 atom stereocenters. The molecular weight excluding hydrogens is 340 g/mol. The molecule has 0 radical (unpaired) electrons. The fourth-order valence-electron chi connectivity index (χ4n) is 2.77. The number of ether oxygens (including phenoxy) is 2. The summed E-state index contributed by atoms with van der Waals surface area (Å²) in [6, 6.07) is 11.7. The van der Waals surface area contributed by atoms with Crippen LogP contribution in [-0.4, -0.2) is 35.7 Å². The quantitative estimate of drug-likeness (QED) is 0.687. The maximum absolute atomic E-state index is 5.37. The molecule has 140 valence electrons. The van der Waals surface area contributed by atoms with Gasteiger partial charge < -0.3 is 14.8 Å². The molecular formula is C21H24N4O2. The minimum absolute atomic E-state index is 0.632. The molecule has 1 aromatic carbocycles. The highest BCUT2D eigenvalue weighted by molar-refractivity contribution is 5.56. The van der Waals surface area contributed by atoms with Crippen molar-refractivity contribution in [3.8, 4) is 23.0 Å². The van der Waals surface area contributed by atoms with E-state index >= 15 is 0 Å². The Hall–Kier alpha value is -3.15. The number of aromatic nitrogens is 3. The first kappa shape index (κ1) is 18.6. The minimum atomic E-state index is 0.632. The number of anilines is 1. The van der Waals surface area contributed by atoms with Crippen molar-refractivity contribution in [2.24, 2.45) is 0 Å². The molecule has 3 rings (SSSR count). The maximum atomic E-state index is 5.37. The monoisotopic (exact) mass is 364 g/mol. The summed E-state index contributed by atoms with van der Waals surface area (Å²) in [4.78, 5) is 13.6. The van der Waals surface area contributed by atoms with E-state index in [-0.39, 0.29) is 0 Å². The van der Waals surface area contributed by atoms with Gasteiger partial charge in [-0.05, 0) is 50.1 Å². The standard InChI is InChI=1S/C21H24N4O2/c1-14-15(2)24-21(17-7-5-6-11-22-17)25-20(14)23-12-10-16-8-9-18(26-3)19(13-16)27-4/h5-9,11,13H,10,12H2,1-4H3,(H,23,24,25). The first-order valence-corrected chi connectivity index (χ1v) is 8.83. The van der Waals surface area contributed by atoms with Crippen molar-refractivity contribution in [2.75, 3.05) is 26.1 Å². The van der Waals surface area contributed by atoms with Crippen molar-refractivity contribution in [2.45, 2.75) is 20.3 Å². The number of methoxy groups -OCH3 is 2. The lowest BCUT2D eigenvalue weighted by atomic mass is 10.1. The lowest BCUT2D eigenvalue weighted by Crippen LogP contribution is -2.10. The number of pyridine rings is 1. The highest BCUT2D eigenvalue weighted by Crippen LogP contribution is 2.28. The molecule has 0 saturated carbocycles. The minimum Gasteiger partial charge on any atom is -0.493 e. The molecule has 2 heterocycles. The van der Waals surface area contributed by atoms with Crippen molar-refractivity contribution >= 4 is 5.82 Å². The molecule has 0 spiro atoms. The van der Waals surface area contributed by atoms with Crippen LogP contribution in [-0.2, 0) is 6.42 Å². The van der Waals surface area contributed by atoms with Crippen LogP contribution in [0.1, 0.15) is 16.8 Å². The van der Waals surface area contributed by atoms with Gasteiger partial charge in [0.2, 0.25) is 0 Å². The van der Waals surface area contributed by atoms with Crippen LogP contribution in [0, 0.1) is 13.8 Å². The summed E-state index contributed by atoms with van der Waals surface area (Å²) < 4.78 is 10.7. The zero-order chi connectivity index (χ0) is 19.2. The Morgan fingerprint density at radius 1 is 0.963 bits per heavy atom. The summed E-state index contributed by atoms with van der Waals surface area (Å²) in [5, 5.41) is 3.43. The fourth-order valence-corrected chi connectivity index (χ4v) is 2.77. The van der Waals surface area contributed by atoms with Crippen LogP contribution < -0.4 is 14.8 Å². The summed E-state index contributed by atoms with van der Waals surface area (Å²) in [6.45, 7) is 4.76. The summed E-state index contributed by atoms with van der Waals surface area (Å²) in [5.74, 6) is 2.94. The normalized spacial score (nSPS) is 10.5. The van der Waals surface area contributed by atoms with Crippen molar-refractivity contribution < 1.29 is 9.47 Å². The van der Waals surface area contributed by atoms with Crippen molar-refractivity contribution in [3.63, 3.8) is 0 Å². The Bertz CT molecular complexity index is 914. The number of benzene rings is 1. The number of rotatable bonds is 7. The third kappa shape index (κ3) is 4.34. The molecule has 0 amide bonds. The van der Waals surface area contributed by atoms with Gasteiger partial charge >= 0.3 is 0 Å². The van der Waals surface area contributed by atoms with Gasteiger partial charge in [0.05, 0.1) is 14.2 Å². The van der Waals surface area contributed by atoms with Gasteiger partial charge in [-0.2, -0.15) is 0 Å². The van der Waals surface area contributed by atoms with Gasteiger partial charge in [0, 0.05) is 24.0 Å². The second-order valence-corrected chi connectivity index (χ2v) is 6.19. The van der Waals surface area contributed by atoms with Crippen molar-refractivity contribution in [1.29, 1.82) is 0 Å². The smallest absolute Gasteiger partial charge is 0.180 e. The van der Waals surface area contributed by atoms with E-state index in [0.717, 1.165) is 52.8 Å². The topological polar surface area (TPSA) is 69.2 Å². The molecule has 0 aliphatic heterocycles. The van der Waals surface area contributed by atoms with Gasteiger partial charge in [-0.1, -0.05) is 12.1 Å². The largest absolute Gasteiger partial charge is 0.493 e. The van der Waals surface area contributed by atoms with Gasteiger partial charge in [-0.3, -0.25) is 4.98 Å². The van der Waals surface area contributed by atoms with Crippen molar-refractivity contribution in [3.05, 3.63) is 59.4 Å². The molecule has 0 unspecified atom stereocenters. The van der Waals surface area contributed by atoms with E-state index in [4.69, 9.17) is 9.47 Å². The number of nitrogens with one attached hydrogen (secondary N) is 1. The Labute approximate surface area is 159 Å². The molecule has 0 aliphatic carbocycles. The van der Waals surface area contributed by atoms with Gasteiger partial charge in [0.15, 0.2) is 17.3 Å². The fraction of sp³-hybridized carbons (Fsp3) is 0.286. The predicted molar refractivity (Wildman–Crippen MR) is 106 cm³/mol. The lowest BCUT2D eigenvalue weighted by Gasteiger charge is -2.13. The lowest BCUT2D eigenvalue weighted by molar-refractivity contribution is 0.354. The Balaban J connectivity index is 1.73. The van der Waals surface area contributed by atoms with E-state index in [2.05, 4.69) is 20.3 Å². The van der Waals surface area contributed by atoms with Crippen LogP contribution in [0.5, 0.6) is 11.5 Å². The zero-order valence-corrected chi connectivity index (χ0v) is 16.1. The molecule has 1 N–H and O–H groups in total. The second-order valence-electron chi connectivity index (χ2n) is 6.19. The van der Waals surface area contributed by atoms with Gasteiger partial charge in [-0.25, -0.2) is 9.97 Å². The third-order valence-corrected chi connectivity index (χ3v) is 4.44. The van der Waals surface area contributed by atoms with E-state index < -0.39 is 0 Å². The van der Waals surface area contributed by atoms with Crippen LogP contribution in [0.15, 0.2) is 42.6 Å². The van der Waals surface area contributed by atoms with Crippen LogP contribution in [0.4, 0.5) is 5.82 Å². The van der Waals surface area contributed by atoms with Crippen LogP contribution in [0.2, 0.25) is 0 Å². The van der Waals surface area contributed by atoms with Gasteiger partial charge in [-0.15, -0.1) is 0 Å². The molecule has 0 saturated heterocycles. The summed E-state index contributed by atoms with van der Waals surface area (Å²) in [6.07, 6.45) is 2.58. The SMILES string of the molecule is COc1ccc(CCNc2nc(-c3ccccn3)nc(C)c2C)cc1OC. The van der Waals surface area contributed by atoms with Crippen molar-refractivity contribution in [1.82, 2.24) is 15.0 Å². The van der Waals surface area contributed by atoms with Crippen LogP contribution in [0.25, 0.3) is 11.5 Å². The van der Waals surface area contributed by atoms with E-state index in [1.54, 1.807) is 20.4 Å². The van der Waals surface area contributed by atoms with E-state index in [0.29, 0.717) is 5.82 Å².